The van der Waals surface area contributed by atoms with E-state index in [-0.39, 0.29) is 36.0 Å². The Morgan fingerprint density at radius 1 is 1.18 bits per heavy atom. The summed E-state index contributed by atoms with van der Waals surface area (Å²) in [7, 11) is 1.61. The lowest BCUT2D eigenvalue weighted by Crippen LogP contribution is -2.39. The van der Waals surface area contributed by atoms with Gasteiger partial charge in [0.15, 0.2) is 0 Å². The first-order valence-electron chi connectivity index (χ1n) is 9.31. The molecule has 0 bridgehead atoms. The maximum atomic E-state index is 13.5. The molecular formula is C22H25FN2O3. The molecule has 0 aromatic heterocycles. The van der Waals surface area contributed by atoms with Crippen LogP contribution in [0.4, 0.5) is 4.39 Å². The van der Waals surface area contributed by atoms with Crippen LogP contribution in [-0.4, -0.2) is 43.0 Å². The number of carbonyl (C=O) groups is 2. The van der Waals surface area contributed by atoms with Gasteiger partial charge in [-0.2, -0.15) is 0 Å². The molecule has 0 aliphatic carbocycles. The number of benzene rings is 2. The van der Waals surface area contributed by atoms with Gasteiger partial charge in [-0.25, -0.2) is 4.39 Å². The van der Waals surface area contributed by atoms with Crippen LogP contribution in [0.2, 0.25) is 0 Å². The Bertz CT molecular complexity index is 867. The van der Waals surface area contributed by atoms with E-state index < -0.39 is 0 Å². The third-order valence-corrected chi connectivity index (χ3v) is 5.18. The summed E-state index contributed by atoms with van der Waals surface area (Å²) in [6.45, 7) is 4.15. The van der Waals surface area contributed by atoms with Crippen molar-refractivity contribution < 1.29 is 18.7 Å². The average Bonchev–Trinajstić information content (AvgIpc) is 3.08. The predicted octanol–water partition coefficient (Wildman–Crippen LogP) is 2.82. The molecule has 1 aliphatic heterocycles. The highest BCUT2D eigenvalue weighted by molar-refractivity contribution is 5.80. The number of hydrogen-bond donors (Lipinski definition) is 1. The number of carbonyl (C=O) groups excluding carboxylic acids is 2. The molecule has 0 unspecified atom stereocenters. The number of likely N-dealkylation sites (tertiary alicyclic amines) is 1. The van der Waals surface area contributed by atoms with E-state index in [2.05, 4.69) is 5.32 Å². The molecule has 1 N–H and O–H groups in total. The second kappa shape index (κ2) is 8.42. The van der Waals surface area contributed by atoms with E-state index in [1.165, 1.54) is 13.0 Å². The average molecular weight is 384 g/mol. The van der Waals surface area contributed by atoms with Gasteiger partial charge in [0, 0.05) is 25.9 Å². The second-order valence-corrected chi connectivity index (χ2v) is 7.25. The molecule has 0 spiro atoms. The molecule has 5 nitrogen and oxygen atoms in total. The summed E-state index contributed by atoms with van der Waals surface area (Å²) in [5, 5.41) is 2.97. The number of hydrogen-bond acceptors (Lipinski definition) is 3. The second-order valence-electron chi connectivity index (χ2n) is 7.25. The van der Waals surface area contributed by atoms with Gasteiger partial charge in [-0.1, -0.05) is 24.3 Å². The van der Waals surface area contributed by atoms with E-state index in [0.29, 0.717) is 18.7 Å². The van der Waals surface area contributed by atoms with Crippen LogP contribution in [-0.2, 0) is 16.0 Å². The van der Waals surface area contributed by atoms with E-state index in [0.717, 1.165) is 16.9 Å². The molecule has 1 heterocycles. The number of rotatable bonds is 5. The Balaban J connectivity index is 1.75. The molecule has 6 heteroatoms. The Kier molecular flexibility index (Phi) is 5.97. The van der Waals surface area contributed by atoms with Gasteiger partial charge in [0.1, 0.15) is 11.6 Å². The van der Waals surface area contributed by atoms with Gasteiger partial charge >= 0.3 is 0 Å². The van der Waals surface area contributed by atoms with E-state index >= 15 is 0 Å². The maximum Gasteiger partial charge on any atom is 0.227 e. The normalized spacial score (nSPS) is 18.8. The summed E-state index contributed by atoms with van der Waals surface area (Å²) in [6.07, 6.45) is 0.212. The number of methoxy groups -OCH3 is 1. The summed E-state index contributed by atoms with van der Waals surface area (Å²) in [5.41, 5.74) is 2.36. The van der Waals surface area contributed by atoms with Crippen molar-refractivity contribution in [1.82, 2.24) is 10.2 Å². The SMILES string of the molecule is COc1ccc([C@@H]2CN(C(=O)Cc3ccc(F)c(C)c3)C[C@H]2NC(C)=O)cc1. The highest BCUT2D eigenvalue weighted by atomic mass is 19.1. The molecule has 1 aliphatic rings. The van der Waals surface area contributed by atoms with Crippen molar-refractivity contribution in [3.8, 4) is 5.75 Å². The van der Waals surface area contributed by atoms with Crippen molar-refractivity contribution >= 4 is 11.8 Å². The first kappa shape index (κ1) is 19.9. The van der Waals surface area contributed by atoms with Gasteiger partial charge in [-0.05, 0) is 41.8 Å². The Morgan fingerprint density at radius 3 is 2.50 bits per heavy atom. The summed E-state index contributed by atoms with van der Waals surface area (Å²) >= 11 is 0. The summed E-state index contributed by atoms with van der Waals surface area (Å²) in [5.74, 6) is 0.346. The standard InChI is InChI=1S/C22H25FN2O3/c1-14-10-16(4-9-20(14)23)11-22(27)25-12-19(21(13-25)24-15(2)26)17-5-7-18(28-3)8-6-17/h4-10,19,21H,11-13H2,1-3H3,(H,24,26)/t19-,21+/m0/s1. The van der Waals surface area contributed by atoms with E-state index in [1.54, 1.807) is 31.1 Å². The molecule has 2 amide bonds. The monoisotopic (exact) mass is 384 g/mol. The van der Waals surface area contributed by atoms with Gasteiger partial charge in [0.2, 0.25) is 11.8 Å². The number of nitrogens with zero attached hydrogens (tertiary/aromatic N) is 1. The molecule has 2 aromatic carbocycles. The van der Waals surface area contributed by atoms with Crippen LogP contribution in [0.3, 0.4) is 0 Å². The molecule has 28 heavy (non-hydrogen) atoms. The smallest absolute Gasteiger partial charge is 0.227 e. The molecule has 1 fully saturated rings. The summed E-state index contributed by atoms with van der Waals surface area (Å²) in [6, 6.07) is 12.3. The van der Waals surface area contributed by atoms with Crippen LogP contribution in [0.15, 0.2) is 42.5 Å². The fraction of sp³-hybridized carbons (Fsp3) is 0.364. The van der Waals surface area contributed by atoms with Crippen LogP contribution in [0, 0.1) is 12.7 Å². The van der Waals surface area contributed by atoms with Gasteiger partial charge in [0.25, 0.3) is 0 Å². The molecule has 2 aromatic rings. The van der Waals surface area contributed by atoms with Crippen molar-refractivity contribution in [2.45, 2.75) is 32.2 Å². The molecule has 2 atom stereocenters. The third-order valence-electron chi connectivity index (χ3n) is 5.18. The van der Waals surface area contributed by atoms with E-state index in [1.807, 2.05) is 24.3 Å². The van der Waals surface area contributed by atoms with Crippen LogP contribution >= 0.6 is 0 Å². The van der Waals surface area contributed by atoms with Crippen LogP contribution in [0.25, 0.3) is 0 Å². The highest BCUT2D eigenvalue weighted by Gasteiger charge is 2.36. The zero-order valence-corrected chi connectivity index (χ0v) is 16.4. The highest BCUT2D eigenvalue weighted by Crippen LogP contribution is 2.29. The predicted molar refractivity (Wildman–Crippen MR) is 105 cm³/mol. The topological polar surface area (TPSA) is 58.6 Å². The van der Waals surface area contributed by atoms with E-state index in [4.69, 9.17) is 4.74 Å². The molecule has 148 valence electrons. The fourth-order valence-electron chi connectivity index (χ4n) is 3.71. The van der Waals surface area contributed by atoms with Gasteiger partial charge < -0.3 is 15.0 Å². The quantitative estimate of drug-likeness (QED) is 0.862. The number of halogens is 1. The Morgan fingerprint density at radius 2 is 1.89 bits per heavy atom. The zero-order valence-electron chi connectivity index (χ0n) is 16.4. The van der Waals surface area contributed by atoms with Crippen molar-refractivity contribution in [3.05, 3.63) is 65.0 Å². The van der Waals surface area contributed by atoms with Gasteiger partial charge in [0.05, 0.1) is 19.6 Å². The van der Waals surface area contributed by atoms with Crippen molar-refractivity contribution in [2.75, 3.05) is 20.2 Å². The van der Waals surface area contributed by atoms with Gasteiger partial charge in [-0.15, -0.1) is 0 Å². The Hall–Kier alpha value is -2.89. The molecule has 0 saturated carbocycles. The van der Waals surface area contributed by atoms with Crippen LogP contribution < -0.4 is 10.1 Å². The van der Waals surface area contributed by atoms with Gasteiger partial charge in [-0.3, -0.25) is 9.59 Å². The zero-order chi connectivity index (χ0) is 20.3. The lowest BCUT2D eigenvalue weighted by molar-refractivity contribution is -0.129. The largest absolute Gasteiger partial charge is 0.497 e. The summed E-state index contributed by atoms with van der Waals surface area (Å²) in [4.78, 5) is 26.2. The first-order chi connectivity index (χ1) is 13.4. The van der Waals surface area contributed by atoms with E-state index in [9.17, 15) is 14.0 Å². The number of nitrogens with one attached hydrogen (secondary N) is 1. The molecule has 1 saturated heterocycles. The molecule has 0 radical (unpaired) electrons. The minimum atomic E-state index is -0.275. The first-order valence-corrected chi connectivity index (χ1v) is 9.31. The van der Waals surface area contributed by atoms with Crippen molar-refractivity contribution in [2.24, 2.45) is 0 Å². The minimum Gasteiger partial charge on any atom is -0.497 e. The summed E-state index contributed by atoms with van der Waals surface area (Å²) < 4.78 is 18.7. The number of aryl methyl sites for hydroxylation is 1. The fourth-order valence-corrected chi connectivity index (χ4v) is 3.71. The lowest BCUT2D eigenvalue weighted by atomic mass is 9.94. The molecular weight excluding hydrogens is 359 g/mol. The van der Waals surface area contributed by atoms with Crippen LogP contribution in [0.5, 0.6) is 5.75 Å². The number of ether oxygens (including phenoxy) is 1. The lowest BCUT2D eigenvalue weighted by Gasteiger charge is -2.19. The third kappa shape index (κ3) is 4.50. The van der Waals surface area contributed by atoms with Crippen molar-refractivity contribution in [1.29, 1.82) is 0 Å². The minimum absolute atomic E-state index is 0.00806. The number of amides is 2. The Labute approximate surface area is 164 Å². The maximum absolute atomic E-state index is 13.5. The van der Waals surface area contributed by atoms with Crippen molar-refractivity contribution in [3.63, 3.8) is 0 Å². The molecule has 3 rings (SSSR count). The van der Waals surface area contributed by atoms with Crippen LogP contribution in [0.1, 0.15) is 29.5 Å².